The second kappa shape index (κ2) is 7.09. The van der Waals surface area contributed by atoms with Gasteiger partial charge in [-0.3, -0.25) is 4.90 Å². The number of nitrogens with zero attached hydrogens (tertiary/aromatic N) is 4. The summed E-state index contributed by atoms with van der Waals surface area (Å²) in [4.78, 5) is 6.51. The summed E-state index contributed by atoms with van der Waals surface area (Å²) in [6.45, 7) is 6.05. The minimum Gasteiger partial charge on any atom is -0.338 e. The molecule has 1 aliphatic heterocycles. The Labute approximate surface area is 150 Å². The van der Waals surface area contributed by atoms with Crippen LogP contribution in [0.3, 0.4) is 0 Å². The molecule has 0 aromatic carbocycles. The van der Waals surface area contributed by atoms with Gasteiger partial charge in [0.15, 0.2) is 5.82 Å². The third-order valence-electron chi connectivity index (χ3n) is 4.12. The van der Waals surface area contributed by atoms with E-state index in [9.17, 15) is 8.42 Å². The van der Waals surface area contributed by atoms with E-state index in [1.54, 1.807) is 12.1 Å². The number of halogens is 1. The molecule has 7 nitrogen and oxygen atoms in total. The van der Waals surface area contributed by atoms with Gasteiger partial charge in [0.1, 0.15) is 4.21 Å². The van der Waals surface area contributed by atoms with Gasteiger partial charge in [-0.15, -0.1) is 11.3 Å². The van der Waals surface area contributed by atoms with Gasteiger partial charge in [0, 0.05) is 32.6 Å². The molecule has 0 aliphatic carbocycles. The SMILES string of the molecule is CCc1noc(C(C)N2CCN(S(=O)(=O)c3ccc(Cl)s3)CC2)n1. The lowest BCUT2D eigenvalue weighted by molar-refractivity contribution is 0.124. The van der Waals surface area contributed by atoms with Crippen LogP contribution in [0.1, 0.15) is 31.6 Å². The van der Waals surface area contributed by atoms with Crippen molar-refractivity contribution in [3.05, 3.63) is 28.2 Å². The van der Waals surface area contributed by atoms with Crippen molar-refractivity contribution in [1.29, 1.82) is 0 Å². The van der Waals surface area contributed by atoms with Crippen molar-refractivity contribution in [3.63, 3.8) is 0 Å². The predicted molar refractivity (Wildman–Crippen MR) is 91.8 cm³/mol. The van der Waals surface area contributed by atoms with E-state index < -0.39 is 10.0 Å². The normalized spacial score (nSPS) is 18.8. The molecule has 0 saturated carbocycles. The van der Waals surface area contributed by atoms with Gasteiger partial charge in [-0.25, -0.2) is 8.42 Å². The van der Waals surface area contributed by atoms with Crippen LogP contribution in [0.15, 0.2) is 20.9 Å². The Morgan fingerprint density at radius 1 is 1.33 bits per heavy atom. The van der Waals surface area contributed by atoms with E-state index in [1.807, 2.05) is 13.8 Å². The molecule has 1 saturated heterocycles. The zero-order valence-electron chi connectivity index (χ0n) is 13.5. The van der Waals surface area contributed by atoms with E-state index in [4.69, 9.17) is 16.1 Å². The molecule has 0 spiro atoms. The van der Waals surface area contributed by atoms with Crippen molar-refractivity contribution in [2.45, 2.75) is 30.5 Å². The van der Waals surface area contributed by atoms with Crippen molar-refractivity contribution >= 4 is 33.0 Å². The van der Waals surface area contributed by atoms with Gasteiger partial charge in [0.2, 0.25) is 5.89 Å². The van der Waals surface area contributed by atoms with Crippen LogP contribution in [0.2, 0.25) is 4.34 Å². The van der Waals surface area contributed by atoms with Gasteiger partial charge < -0.3 is 4.52 Å². The molecule has 0 N–H and O–H groups in total. The Morgan fingerprint density at radius 2 is 2.04 bits per heavy atom. The predicted octanol–water partition coefficient (Wildman–Crippen LogP) is 2.41. The van der Waals surface area contributed by atoms with Crippen LogP contribution in [0.4, 0.5) is 0 Å². The van der Waals surface area contributed by atoms with Crippen LogP contribution in [0.25, 0.3) is 0 Å². The molecule has 0 radical (unpaired) electrons. The third-order valence-corrected chi connectivity index (χ3v) is 7.72. The van der Waals surface area contributed by atoms with Crippen LogP contribution in [0.5, 0.6) is 0 Å². The summed E-state index contributed by atoms with van der Waals surface area (Å²) in [5.74, 6) is 1.26. The van der Waals surface area contributed by atoms with Crippen LogP contribution in [0, 0.1) is 0 Å². The Balaban J connectivity index is 1.65. The highest BCUT2D eigenvalue weighted by molar-refractivity contribution is 7.91. The molecule has 132 valence electrons. The maximum absolute atomic E-state index is 12.6. The van der Waals surface area contributed by atoms with Crippen molar-refractivity contribution < 1.29 is 12.9 Å². The minimum atomic E-state index is -3.47. The van der Waals surface area contributed by atoms with Gasteiger partial charge >= 0.3 is 0 Å². The smallest absolute Gasteiger partial charge is 0.252 e. The molecule has 0 bridgehead atoms. The van der Waals surface area contributed by atoms with Crippen LogP contribution >= 0.6 is 22.9 Å². The number of hydrogen-bond acceptors (Lipinski definition) is 7. The third kappa shape index (κ3) is 3.50. The highest BCUT2D eigenvalue weighted by Crippen LogP contribution is 2.29. The highest BCUT2D eigenvalue weighted by Gasteiger charge is 2.32. The molecule has 3 rings (SSSR count). The Bertz CT molecular complexity index is 797. The molecule has 0 amide bonds. The van der Waals surface area contributed by atoms with E-state index in [2.05, 4.69) is 15.0 Å². The molecular formula is C14H19ClN4O3S2. The molecule has 1 aliphatic rings. The fourth-order valence-corrected chi connectivity index (χ4v) is 5.69. The molecular weight excluding hydrogens is 372 g/mol. The van der Waals surface area contributed by atoms with Crippen molar-refractivity contribution in [3.8, 4) is 0 Å². The quantitative estimate of drug-likeness (QED) is 0.780. The lowest BCUT2D eigenvalue weighted by Crippen LogP contribution is -2.49. The summed E-state index contributed by atoms with van der Waals surface area (Å²) in [6, 6.07) is 3.14. The lowest BCUT2D eigenvalue weighted by Gasteiger charge is -2.35. The summed E-state index contributed by atoms with van der Waals surface area (Å²) in [5, 5.41) is 3.92. The maximum Gasteiger partial charge on any atom is 0.252 e. The maximum atomic E-state index is 12.6. The number of hydrogen-bond donors (Lipinski definition) is 0. The van der Waals surface area contributed by atoms with Gasteiger partial charge in [0.05, 0.1) is 10.4 Å². The van der Waals surface area contributed by atoms with Crippen LogP contribution in [-0.2, 0) is 16.4 Å². The van der Waals surface area contributed by atoms with Crippen LogP contribution < -0.4 is 0 Å². The Morgan fingerprint density at radius 3 is 2.58 bits per heavy atom. The molecule has 24 heavy (non-hydrogen) atoms. The highest BCUT2D eigenvalue weighted by atomic mass is 35.5. The standard InChI is InChI=1S/C14H19ClN4O3S2/c1-3-12-16-14(22-17-12)10(2)18-6-8-19(9-7-18)24(20,21)13-5-4-11(15)23-13/h4-5,10H,3,6-9H2,1-2H3. The zero-order valence-corrected chi connectivity index (χ0v) is 15.9. The second-order valence-corrected chi connectivity index (χ2v) is 9.46. The van der Waals surface area contributed by atoms with E-state index in [1.165, 1.54) is 4.31 Å². The first-order chi connectivity index (χ1) is 11.4. The number of sulfonamides is 1. The summed E-state index contributed by atoms with van der Waals surface area (Å²) >= 11 is 6.94. The van der Waals surface area contributed by atoms with Crippen LogP contribution in [-0.4, -0.2) is 53.9 Å². The Hall–Kier alpha value is -1.00. The first-order valence-corrected chi connectivity index (χ1v) is 10.4. The van der Waals surface area contributed by atoms with Gasteiger partial charge in [0.25, 0.3) is 10.0 Å². The van der Waals surface area contributed by atoms with Gasteiger partial charge in [-0.1, -0.05) is 23.7 Å². The van der Waals surface area contributed by atoms with Gasteiger partial charge in [-0.2, -0.15) is 9.29 Å². The lowest BCUT2D eigenvalue weighted by atomic mass is 10.2. The van der Waals surface area contributed by atoms with E-state index in [0.717, 1.165) is 17.8 Å². The largest absolute Gasteiger partial charge is 0.338 e. The second-order valence-electron chi connectivity index (χ2n) is 5.58. The summed E-state index contributed by atoms with van der Waals surface area (Å²) in [6.07, 6.45) is 0.728. The number of rotatable bonds is 5. The van der Waals surface area contributed by atoms with Crippen molar-refractivity contribution in [1.82, 2.24) is 19.3 Å². The fourth-order valence-electron chi connectivity index (χ4n) is 2.63. The first kappa shape index (κ1) is 17.8. The van der Waals surface area contributed by atoms with E-state index >= 15 is 0 Å². The summed E-state index contributed by atoms with van der Waals surface area (Å²) in [7, 11) is -3.47. The average Bonchev–Trinajstić information content (AvgIpc) is 3.23. The van der Waals surface area contributed by atoms with Gasteiger partial charge in [-0.05, 0) is 19.1 Å². The Kier molecular flexibility index (Phi) is 5.26. The van der Waals surface area contributed by atoms with Crippen molar-refractivity contribution in [2.75, 3.05) is 26.2 Å². The first-order valence-electron chi connectivity index (χ1n) is 7.74. The molecule has 10 heteroatoms. The number of piperazine rings is 1. The van der Waals surface area contributed by atoms with Crippen molar-refractivity contribution in [2.24, 2.45) is 0 Å². The molecule has 1 atom stereocenters. The molecule has 1 fully saturated rings. The topological polar surface area (TPSA) is 79.5 Å². The van der Waals surface area contributed by atoms with E-state index in [-0.39, 0.29) is 6.04 Å². The molecule has 1 unspecified atom stereocenters. The van der Waals surface area contributed by atoms with E-state index in [0.29, 0.717) is 46.4 Å². The summed E-state index contributed by atoms with van der Waals surface area (Å²) in [5.41, 5.74) is 0. The monoisotopic (exact) mass is 390 g/mol. The number of aryl methyl sites for hydroxylation is 1. The zero-order chi connectivity index (χ0) is 17.3. The fraction of sp³-hybridized carbons (Fsp3) is 0.571. The number of thiophene rings is 1. The molecule has 2 aromatic rings. The molecule has 2 aromatic heterocycles. The molecule has 3 heterocycles. The minimum absolute atomic E-state index is 0.0289. The summed E-state index contributed by atoms with van der Waals surface area (Å²) < 4.78 is 32.8. The average molecular weight is 391 g/mol. The number of aromatic nitrogens is 2.